The maximum absolute atomic E-state index is 12.6. The summed E-state index contributed by atoms with van der Waals surface area (Å²) in [6.45, 7) is 5.47. The fraction of sp³-hybridized carbons (Fsp3) is 0.556. The van der Waals surface area contributed by atoms with Crippen LogP contribution in [0.4, 0.5) is 5.69 Å². The first-order valence-corrected chi connectivity index (χ1v) is 9.55. The van der Waals surface area contributed by atoms with Crippen molar-refractivity contribution in [1.29, 1.82) is 0 Å². The van der Waals surface area contributed by atoms with Gasteiger partial charge in [-0.05, 0) is 25.5 Å². The molecule has 24 heavy (non-hydrogen) atoms. The third-order valence-electron chi connectivity index (χ3n) is 4.59. The van der Waals surface area contributed by atoms with Gasteiger partial charge in [0, 0.05) is 43.5 Å². The van der Waals surface area contributed by atoms with Crippen molar-refractivity contribution in [3.63, 3.8) is 0 Å². The Morgan fingerprint density at radius 2 is 2.25 bits per heavy atom. The molecule has 1 aromatic carbocycles. The van der Waals surface area contributed by atoms with Crippen molar-refractivity contribution in [3.8, 4) is 0 Å². The number of hydrogen-bond donors (Lipinski definition) is 0. The molecule has 0 aliphatic carbocycles. The summed E-state index contributed by atoms with van der Waals surface area (Å²) >= 11 is 1.57. The van der Waals surface area contributed by atoms with Crippen LogP contribution in [0.3, 0.4) is 0 Å². The summed E-state index contributed by atoms with van der Waals surface area (Å²) in [5, 5.41) is 0. The van der Waals surface area contributed by atoms with Crippen molar-refractivity contribution >= 4 is 29.3 Å². The SMILES string of the molecule is CCN(CC1CCOC1)C(=O)CCN1C(=O)CSc2ccccc21. The Morgan fingerprint density at radius 1 is 1.42 bits per heavy atom. The highest BCUT2D eigenvalue weighted by molar-refractivity contribution is 8.00. The molecule has 0 saturated carbocycles. The van der Waals surface area contributed by atoms with Gasteiger partial charge in [0.15, 0.2) is 0 Å². The van der Waals surface area contributed by atoms with E-state index in [1.54, 1.807) is 16.7 Å². The zero-order valence-electron chi connectivity index (χ0n) is 14.1. The van der Waals surface area contributed by atoms with E-state index < -0.39 is 0 Å². The van der Waals surface area contributed by atoms with Crippen LogP contribution in [0.2, 0.25) is 0 Å². The number of ether oxygens (including phenoxy) is 1. The molecule has 1 unspecified atom stereocenters. The number of carbonyl (C=O) groups is 2. The molecule has 0 bridgehead atoms. The van der Waals surface area contributed by atoms with Crippen LogP contribution in [-0.4, -0.2) is 55.3 Å². The molecule has 2 aliphatic heterocycles. The maximum Gasteiger partial charge on any atom is 0.237 e. The summed E-state index contributed by atoms with van der Waals surface area (Å²) in [6, 6.07) is 7.90. The molecule has 0 spiro atoms. The largest absolute Gasteiger partial charge is 0.381 e. The van der Waals surface area contributed by atoms with Crippen LogP contribution < -0.4 is 4.90 Å². The lowest BCUT2D eigenvalue weighted by Gasteiger charge is -2.30. The van der Waals surface area contributed by atoms with Gasteiger partial charge in [0.25, 0.3) is 0 Å². The first-order valence-electron chi connectivity index (χ1n) is 8.56. The second kappa shape index (κ2) is 8.03. The average Bonchev–Trinajstić information content (AvgIpc) is 3.11. The predicted molar refractivity (Wildman–Crippen MR) is 95.3 cm³/mol. The number of hydrogen-bond acceptors (Lipinski definition) is 4. The fourth-order valence-corrected chi connectivity index (χ4v) is 4.15. The molecule has 1 aromatic rings. The van der Waals surface area contributed by atoms with Gasteiger partial charge < -0.3 is 14.5 Å². The van der Waals surface area contributed by atoms with E-state index in [0.717, 1.165) is 36.8 Å². The summed E-state index contributed by atoms with van der Waals surface area (Å²) in [5.41, 5.74) is 0.929. The molecule has 1 saturated heterocycles. The molecule has 0 N–H and O–H groups in total. The number of anilines is 1. The van der Waals surface area contributed by atoms with Gasteiger partial charge in [-0.25, -0.2) is 0 Å². The van der Waals surface area contributed by atoms with Gasteiger partial charge in [-0.3, -0.25) is 9.59 Å². The van der Waals surface area contributed by atoms with Crippen molar-refractivity contribution in [2.24, 2.45) is 5.92 Å². The molecule has 2 heterocycles. The van der Waals surface area contributed by atoms with Gasteiger partial charge in [-0.2, -0.15) is 0 Å². The lowest BCUT2D eigenvalue weighted by Crippen LogP contribution is -2.40. The lowest BCUT2D eigenvalue weighted by atomic mass is 10.1. The van der Waals surface area contributed by atoms with E-state index in [-0.39, 0.29) is 11.8 Å². The van der Waals surface area contributed by atoms with Gasteiger partial charge in [-0.15, -0.1) is 11.8 Å². The second-order valence-electron chi connectivity index (χ2n) is 6.21. The Balaban J connectivity index is 1.59. The molecule has 2 aliphatic rings. The maximum atomic E-state index is 12.6. The van der Waals surface area contributed by atoms with Crippen LogP contribution in [0.15, 0.2) is 29.2 Å². The van der Waals surface area contributed by atoms with Gasteiger partial charge in [0.1, 0.15) is 0 Å². The van der Waals surface area contributed by atoms with E-state index in [9.17, 15) is 9.59 Å². The Hall–Kier alpha value is -1.53. The van der Waals surface area contributed by atoms with E-state index in [4.69, 9.17) is 4.74 Å². The summed E-state index contributed by atoms with van der Waals surface area (Å²) < 4.78 is 5.40. The van der Waals surface area contributed by atoms with Crippen LogP contribution in [-0.2, 0) is 14.3 Å². The first-order chi connectivity index (χ1) is 11.7. The molecule has 5 nitrogen and oxygen atoms in total. The van der Waals surface area contributed by atoms with Crippen molar-refractivity contribution in [2.75, 3.05) is 43.5 Å². The quantitative estimate of drug-likeness (QED) is 0.792. The van der Waals surface area contributed by atoms with Crippen molar-refractivity contribution in [3.05, 3.63) is 24.3 Å². The monoisotopic (exact) mass is 348 g/mol. The summed E-state index contributed by atoms with van der Waals surface area (Å²) in [4.78, 5) is 29.6. The third kappa shape index (κ3) is 3.92. The minimum atomic E-state index is 0.0822. The lowest BCUT2D eigenvalue weighted by molar-refractivity contribution is -0.131. The van der Waals surface area contributed by atoms with Crippen molar-refractivity contribution in [2.45, 2.75) is 24.7 Å². The molecule has 2 amide bonds. The minimum absolute atomic E-state index is 0.0822. The van der Waals surface area contributed by atoms with E-state index in [2.05, 4.69) is 0 Å². The number of amides is 2. The van der Waals surface area contributed by atoms with E-state index in [0.29, 0.717) is 31.2 Å². The zero-order valence-corrected chi connectivity index (χ0v) is 14.9. The zero-order chi connectivity index (χ0) is 16.9. The van der Waals surface area contributed by atoms with Gasteiger partial charge >= 0.3 is 0 Å². The molecule has 0 aromatic heterocycles. The molecule has 130 valence electrons. The van der Waals surface area contributed by atoms with Crippen molar-refractivity contribution in [1.82, 2.24) is 4.90 Å². The highest BCUT2D eigenvalue weighted by Crippen LogP contribution is 2.34. The Morgan fingerprint density at radius 3 is 3.00 bits per heavy atom. The third-order valence-corrected chi connectivity index (χ3v) is 5.64. The van der Waals surface area contributed by atoms with Crippen LogP contribution in [0, 0.1) is 5.92 Å². The van der Waals surface area contributed by atoms with Gasteiger partial charge in [0.2, 0.25) is 11.8 Å². The predicted octanol–water partition coefficient (Wildman–Crippen LogP) is 2.40. The van der Waals surface area contributed by atoms with Crippen LogP contribution in [0.1, 0.15) is 19.8 Å². The smallest absolute Gasteiger partial charge is 0.237 e. The van der Waals surface area contributed by atoms with Gasteiger partial charge in [-0.1, -0.05) is 12.1 Å². The normalized spacial score (nSPS) is 20.1. The molecular weight excluding hydrogens is 324 g/mol. The molecule has 1 atom stereocenters. The summed E-state index contributed by atoms with van der Waals surface area (Å²) in [5.74, 6) is 1.09. The highest BCUT2D eigenvalue weighted by Gasteiger charge is 2.26. The molecule has 6 heteroatoms. The van der Waals surface area contributed by atoms with Crippen LogP contribution >= 0.6 is 11.8 Å². The fourth-order valence-electron chi connectivity index (χ4n) is 3.21. The first kappa shape index (κ1) is 17.3. The van der Waals surface area contributed by atoms with E-state index in [1.165, 1.54) is 0 Å². The second-order valence-corrected chi connectivity index (χ2v) is 7.23. The number of fused-ring (bicyclic) bond motifs is 1. The Labute approximate surface area is 147 Å². The molecule has 1 fully saturated rings. The Kier molecular flexibility index (Phi) is 5.79. The molecule has 3 rings (SSSR count). The van der Waals surface area contributed by atoms with Crippen molar-refractivity contribution < 1.29 is 14.3 Å². The standard InChI is InChI=1S/C18H24N2O3S/c1-2-19(11-14-8-10-23-12-14)17(21)7-9-20-15-5-3-4-6-16(15)24-13-18(20)22/h3-6,14H,2,7-13H2,1H3. The average molecular weight is 348 g/mol. The number of rotatable bonds is 6. The topological polar surface area (TPSA) is 49.9 Å². The van der Waals surface area contributed by atoms with Gasteiger partial charge in [0.05, 0.1) is 18.0 Å². The number of carbonyl (C=O) groups excluding carboxylic acids is 2. The number of benzene rings is 1. The summed E-state index contributed by atoms with van der Waals surface area (Å²) in [6.07, 6.45) is 1.39. The van der Waals surface area contributed by atoms with Crippen LogP contribution in [0.5, 0.6) is 0 Å². The number of nitrogens with zero attached hydrogens (tertiary/aromatic N) is 2. The number of para-hydroxylation sites is 1. The van der Waals surface area contributed by atoms with E-state index >= 15 is 0 Å². The number of thioether (sulfide) groups is 1. The summed E-state index contributed by atoms with van der Waals surface area (Å²) in [7, 11) is 0. The molecule has 0 radical (unpaired) electrons. The highest BCUT2D eigenvalue weighted by atomic mass is 32.2. The minimum Gasteiger partial charge on any atom is -0.381 e. The Bertz CT molecular complexity index is 602. The van der Waals surface area contributed by atoms with E-state index in [1.807, 2.05) is 36.1 Å². The van der Waals surface area contributed by atoms with Crippen LogP contribution in [0.25, 0.3) is 0 Å². The molecular formula is C18H24N2O3S.